The van der Waals surface area contributed by atoms with Crippen LogP contribution in [0.5, 0.6) is 0 Å². The van der Waals surface area contributed by atoms with E-state index in [0.29, 0.717) is 22.9 Å². The Morgan fingerprint density at radius 3 is 2.88 bits per heavy atom. The van der Waals surface area contributed by atoms with Gasteiger partial charge in [0.1, 0.15) is 0 Å². The van der Waals surface area contributed by atoms with Gasteiger partial charge in [-0.05, 0) is 30.2 Å². The van der Waals surface area contributed by atoms with Gasteiger partial charge in [-0.3, -0.25) is 10.1 Å². The second-order valence-corrected chi connectivity index (χ2v) is 5.71. The molecule has 4 nitrogen and oxygen atoms in total. The first kappa shape index (κ1) is 12.7. The second kappa shape index (κ2) is 5.25. The standard InChI is InChI=1S/C11H13ClN2O2S/c12-9-1-2-11(14(15)16)7(4-9)3-8-5-17-6-10(8)13/h1-2,4,8,10H,3,5-6,13H2. The van der Waals surface area contributed by atoms with E-state index in [0.717, 1.165) is 11.5 Å². The smallest absolute Gasteiger partial charge is 0.272 e. The zero-order chi connectivity index (χ0) is 12.4. The molecule has 2 unspecified atom stereocenters. The highest BCUT2D eigenvalue weighted by Gasteiger charge is 2.27. The third-order valence-electron chi connectivity index (χ3n) is 2.97. The Balaban J connectivity index is 2.24. The van der Waals surface area contributed by atoms with E-state index in [1.165, 1.54) is 6.07 Å². The molecule has 1 heterocycles. The van der Waals surface area contributed by atoms with Gasteiger partial charge in [-0.1, -0.05) is 11.6 Å². The third kappa shape index (κ3) is 2.91. The van der Waals surface area contributed by atoms with Gasteiger partial charge in [0.05, 0.1) is 4.92 Å². The van der Waals surface area contributed by atoms with Crippen LogP contribution in [0.2, 0.25) is 5.02 Å². The Morgan fingerprint density at radius 1 is 1.53 bits per heavy atom. The van der Waals surface area contributed by atoms with Crippen LogP contribution < -0.4 is 5.73 Å². The number of rotatable bonds is 3. The summed E-state index contributed by atoms with van der Waals surface area (Å²) in [5.41, 5.74) is 6.79. The van der Waals surface area contributed by atoms with Crippen LogP contribution in [-0.2, 0) is 6.42 Å². The molecule has 2 atom stereocenters. The molecule has 6 heteroatoms. The van der Waals surface area contributed by atoms with Crippen LogP contribution in [0.25, 0.3) is 0 Å². The van der Waals surface area contributed by atoms with E-state index in [2.05, 4.69) is 0 Å². The SMILES string of the molecule is NC1CSCC1Cc1cc(Cl)ccc1[N+](=O)[O-]. The first-order valence-electron chi connectivity index (χ1n) is 5.34. The van der Waals surface area contributed by atoms with Gasteiger partial charge in [-0.15, -0.1) is 0 Å². The van der Waals surface area contributed by atoms with Crippen molar-refractivity contribution in [2.45, 2.75) is 12.5 Å². The number of hydrogen-bond acceptors (Lipinski definition) is 4. The summed E-state index contributed by atoms with van der Waals surface area (Å²) in [6.45, 7) is 0. The maximum absolute atomic E-state index is 10.9. The zero-order valence-electron chi connectivity index (χ0n) is 9.14. The number of nitrogens with two attached hydrogens (primary N) is 1. The highest BCUT2D eigenvalue weighted by molar-refractivity contribution is 7.99. The van der Waals surface area contributed by atoms with Crippen LogP contribution in [0.15, 0.2) is 18.2 Å². The summed E-state index contributed by atoms with van der Waals surface area (Å²) in [5, 5.41) is 11.4. The van der Waals surface area contributed by atoms with Gasteiger partial charge in [0, 0.05) is 28.4 Å². The highest BCUT2D eigenvalue weighted by Crippen LogP contribution is 2.30. The quantitative estimate of drug-likeness (QED) is 0.678. The lowest BCUT2D eigenvalue weighted by Gasteiger charge is -2.14. The van der Waals surface area contributed by atoms with E-state index in [4.69, 9.17) is 17.3 Å². The van der Waals surface area contributed by atoms with Crippen molar-refractivity contribution in [2.24, 2.45) is 11.7 Å². The summed E-state index contributed by atoms with van der Waals surface area (Å²) in [4.78, 5) is 10.6. The largest absolute Gasteiger partial charge is 0.327 e. The molecule has 1 aliphatic rings. The molecule has 1 fully saturated rings. The molecule has 0 bridgehead atoms. The van der Waals surface area contributed by atoms with Crippen molar-refractivity contribution >= 4 is 29.1 Å². The Hall–Kier alpha value is -0.780. The van der Waals surface area contributed by atoms with Crippen molar-refractivity contribution in [1.82, 2.24) is 0 Å². The van der Waals surface area contributed by atoms with Gasteiger partial charge in [0.25, 0.3) is 5.69 Å². The van der Waals surface area contributed by atoms with Gasteiger partial charge >= 0.3 is 0 Å². The van der Waals surface area contributed by atoms with Crippen molar-refractivity contribution in [3.63, 3.8) is 0 Å². The van der Waals surface area contributed by atoms with E-state index in [1.807, 2.05) is 0 Å². The van der Waals surface area contributed by atoms with E-state index < -0.39 is 0 Å². The number of hydrogen-bond donors (Lipinski definition) is 1. The molecule has 1 saturated heterocycles. The lowest BCUT2D eigenvalue weighted by atomic mass is 9.94. The molecule has 2 rings (SSSR count). The van der Waals surface area contributed by atoms with Gasteiger partial charge in [0.2, 0.25) is 0 Å². The molecule has 92 valence electrons. The monoisotopic (exact) mass is 272 g/mol. The molecule has 17 heavy (non-hydrogen) atoms. The Morgan fingerprint density at radius 2 is 2.29 bits per heavy atom. The minimum absolute atomic E-state index is 0.124. The zero-order valence-corrected chi connectivity index (χ0v) is 10.7. The number of benzene rings is 1. The van der Waals surface area contributed by atoms with Gasteiger partial charge in [-0.2, -0.15) is 11.8 Å². The average Bonchev–Trinajstić information content (AvgIpc) is 2.64. The molecule has 0 saturated carbocycles. The van der Waals surface area contributed by atoms with Crippen LogP contribution in [0.3, 0.4) is 0 Å². The number of thioether (sulfide) groups is 1. The Labute approximate surface area is 109 Å². The molecule has 1 aliphatic heterocycles. The van der Waals surface area contributed by atoms with Crippen LogP contribution in [0.4, 0.5) is 5.69 Å². The van der Waals surface area contributed by atoms with Gasteiger partial charge < -0.3 is 5.73 Å². The summed E-state index contributed by atoms with van der Waals surface area (Å²) >= 11 is 7.68. The molecular formula is C11H13ClN2O2S. The number of nitrogens with zero attached hydrogens (tertiary/aromatic N) is 1. The van der Waals surface area contributed by atoms with Crippen molar-refractivity contribution < 1.29 is 4.92 Å². The van der Waals surface area contributed by atoms with E-state index in [9.17, 15) is 10.1 Å². The topological polar surface area (TPSA) is 69.2 Å². The summed E-state index contributed by atoms with van der Waals surface area (Å²) in [6.07, 6.45) is 0.630. The molecule has 1 aromatic carbocycles. The summed E-state index contributed by atoms with van der Waals surface area (Å²) < 4.78 is 0. The minimum Gasteiger partial charge on any atom is -0.327 e. The maximum atomic E-state index is 10.9. The molecule has 2 N–H and O–H groups in total. The Kier molecular flexibility index (Phi) is 3.91. The number of nitro benzene ring substituents is 1. The van der Waals surface area contributed by atoms with Crippen molar-refractivity contribution in [3.8, 4) is 0 Å². The third-order valence-corrected chi connectivity index (χ3v) is 4.49. The summed E-state index contributed by atoms with van der Waals surface area (Å²) in [6, 6.07) is 4.81. The Bertz CT molecular complexity index is 441. The van der Waals surface area contributed by atoms with Crippen LogP contribution in [0, 0.1) is 16.0 Å². The predicted molar refractivity (Wildman–Crippen MR) is 70.6 cm³/mol. The highest BCUT2D eigenvalue weighted by atomic mass is 35.5. The van der Waals surface area contributed by atoms with E-state index >= 15 is 0 Å². The molecule has 0 radical (unpaired) electrons. The van der Waals surface area contributed by atoms with Gasteiger partial charge in [-0.25, -0.2) is 0 Å². The molecule has 1 aromatic rings. The maximum Gasteiger partial charge on any atom is 0.272 e. The summed E-state index contributed by atoms with van der Waals surface area (Å²) in [7, 11) is 0. The first-order chi connectivity index (χ1) is 8.08. The van der Waals surface area contributed by atoms with Crippen LogP contribution in [0.1, 0.15) is 5.56 Å². The van der Waals surface area contributed by atoms with E-state index in [1.54, 1.807) is 23.9 Å². The van der Waals surface area contributed by atoms with Crippen LogP contribution >= 0.6 is 23.4 Å². The lowest BCUT2D eigenvalue weighted by Crippen LogP contribution is -2.29. The molecular weight excluding hydrogens is 260 g/mol. The predicted octanol–water partition coefficient (Wildman–Crippen LogP) is 2.48. The summed E-state index contributed by atoms with van der Waals surface area (Å²) in [5.74, 6) is 2.20. The van der Waals surface area contributed by atoms with Gasteiger partial charge in [0.15, 0.2) is 0 Å². The normalized spacial score (nSPS) is 23.9. The molecule has 0 aromatic heterocycles. The van der Waals surface area contributed by atoms with Crippen molar-refractivity contribution in [2.75, 3.05) is 11.5 Å². The minimum atomic E-state index is -0.362. The first-order valence-corrected chi connectivity index (χ1v) is 6.87. The fourth-order valence-corrected chi connectivity index (χ4v) is 3.55. The molecule has 0 spiro atoms. The fraction of sp³-hybridized carbons (Fsp3) is 0.455. The second-order valence-electron chi connectivity index (χ2n) is 4.20. The van der Waals surface area contributed by atoms with Crippen LogP contribution in [-0.4, -0.2) is 22.5 Å². The van der Waals surface area contributed by atoms with Crippen molar-refractivity contribution in [1.29, 1.82) is 0 Å². The van der Waals surface area contributed by atoms with E-state index in [-0.39, 0.29) is 16.7 Å². The average molecular weight is 273 g/mol. The van der Waals surface area contributed by atoms with Crippen molar-refractivity contribution in [3.05, 3.63) is 38.9 Å². The number of halogens is 1. The molecule has 0 aliphatic carbocycles. The fourth-order valence-electron chi connectivity index (χ4n) is 2.00. The number of nitro groups is 1. The lowest BCUT2D eigenvalue weighted by molar-refractivity contribution is -0.385. The molecule has 0 amide bonds.